The van der Waals surface area contributed by atoms with Crippen molar-refractivity contribution in [1.29, 1.82) is 0 Å². The number of aryl methyl sites for hydroxylation is 1. The molecule has 0 aliphatic carbocycles. The standard InChI is InChI=1S/C26H30N6O3/c33-22(16-31-12-9-18-3-1-2-4-20(18)14-31)13-28-26(35)23-17-32-15-21(5-6-24(32)30-23)29-25(34)19-7-10-27-11-8-19/h1-4,7-8,10-11,17,21-22,33H,5-6,9,12-16H2,(H,28,35)(H,29,34)/t21?,22-/m0/s1. The molecule has 1 aromatic carbocycles. The van der Waals surface area contributed by atoms with Crippen molar-refractivity contribution in [2.45, 2.75) is 44.5 Å². The number of nitrogens with zero attached hydrogens (tertiary/aromatic N) is 4. The van der Waals surface area contributed by atoms with Crippen molar-refractivity contribution in [1.82, 2.24) is 30.1 Å². The quantitative estimate of drug-likeness (QED) is 0.474. The number of hydrogen-bond acceptors (Lipinski definition) is 6. The summed E-state index contributed by atoms with van der Waals surface area (Å²) in [5.41, 5.74) is 3.58. The van der Waals surface area contributed by atoms with Gasteiger partial charge in [-0.3, -0.25) is 19.5 Å². The molecule has 182 valence electrons. The third kappa shape index (κ3) is 5.58. The third-order valence-electron chi connectivity index (χ3n) is 6.68. The van der Waals surface area contributed by atoms with Gasteiger partial charge in [-0.05, 0) is 36.1 Å². The summed E-state index contributed by atoms with van der Waals surface area (Å²) in [6.45, 7) is 2.95. The summed E-state index contributed by atoms with van der Waals surface area (Å²) in [6, 6.07) is 11.7. The van der Waals surface area contributed by atoms with E-state index in [1.165, 1.54) is 11.1 Å². The monoisotopic (exact) mass is 474 g/mol. The fraction of sp³-hybridized carbons (Fsp3) is 0.385. The first-order valence-electron chi connectivity index (χ1n) is 12.1. The van der Waals surface area contributed by atoms with Gasteiger partial charge in [0.1, 0.15) is 11.5 Å². The Labute approximate surface area is 204 Å². The first kappa shape index (κ1) is 23.2. The summed E-state index contributed by atoms with van der Waals surface area (Å²) < 4.78 is 1.93. The molecule has 9 heteroatoms. The Kier molecular flexibility index (Phi) is 6.87. The molecule has 4 heterocycles. The van der Waals surface area contributed by atoms with Crippen molar-refractivity contribution in [3.63, 3.8) is 0 Å². The lowest BCUT2D eigenvalue weighted by molar-refractivity contribution is 0.0838. The number of pyridine rings is 1. The number of benzene rings is 1. The Morgan fingerprint density at radius 3 is 2.71 bits per heavy atom. The summed E-state index contributed by atoms with van der Waals surface area (Å²) in [5, 5.41) is 16.4. The zero-order valence-corrected chi connectivity index (χ0v) is 19.6. The molecule has 0 spiro atoms. The van der Waals surface area contributed by atoms with E-state index in [9.17, 15) is 14.7 Å². The molecule has 1 unspecified atom stereocenters. The Balaban J connectivity index is 1.10. The van der Waals surface area contributed by atoms with Crippen molar-refractivity contribution in [2.24, 2.45) is 0 Å². The second-order valence-corrected chi connectivity index (χ2v) is 9.26. The van der Waals surface area contributed by atoms with Crippen LogP contribution in [0.25, 0.3) is 0 Å². The second kappa shape index (κ2) is 10.4. The van der Waals surface area contributed by atoms with E-state index in [1.54, 1.807) is 30.7 Å². The molecule has 3 aromatic rings. The van der Waals surface area contributed by atoms with Crippen LogP contribution in [0.15, 0.2) is 55.0 Å². The van der Waals surface area contributed by atoms with E-state index >= 15 is 0 Å². The fourth-order valence-corrected chi connectivity index (χ4v) is 4.82. The summed E-state index contributed by atoms with van der Waals surface area (Å²) in [5.74, 6) is 0.398. The molecule has 2 amide bonds. The molecule has 5 rings (SSSR count). The van der Waals surface area contributed by atoms with Crippen LogP contribution in [0.5, 0.6) is 0 Å². The summed E-state index contributed by atoms with van der Waals surface area (Å²) in [7, 11) is 0. The topological polar surface area (TPSA) is 112 Å². The molecule has 0 radical (unpaired) electrons. The van der Waals surface area contributed by atoms with Gasteiger partial charge in [0.25, 0.3) is 11.8 Å². The Morgan fingerprint density at radius 2 is 1.89 bits per heavy atom. The zero-order chi connectivity index (χ0) is 24.2. The van der Waals surface area contributed by atoms with E-state index in [2.05, 4.69) is 43.7 Å². The average Bonchev–Trinajstić information content (AvgIpc) is 3.31. The molecule has 2 aromatic heterocycles. The SMILES string of the molecule is O=C(NC1CCc2nc(C(=O)NC[C@H](O)CN3CCc4ccccc4C3)cn2C1)c1ccncc1. The van der Waals surface area contributed by atoms with Crippen LogP contribution in [-0.2, 0) is 25.9 Å². The predicted molar refractivity (Wildman–Crippen MR) is 130 cm³/mol. The first-order chi connectivity index (χ1) is 17.0. The summed E-state index contributed by atoms with van der Waals surface area (Å²) in [6.07, 6.45) is 6.66. The third-order valence-corrected chi connectivity index (χ3v) is 6.68. The number of imidazole rings is 1. The molecule has 3 N–H and O–H groups in total. The Bertz CT molecular complexity index is 1190. The van der Waals surface area contributed by atoms with Crippen LogP contribution >= 0.6 is 0 Å². The lowest BCUT2D eigenvalue weighted by Crippen LogP contribution is -2.42. The van der Waals surface area contributed by atoms with Gasteiger partial charge in [0.05, 0.1) is 6.10 Å². The lowest BCUT2D eigenvalue weighted by atomic mass is 10.00. The van der Waals surface area contributed by atoms with Gasteiger partial charge in [-0.1, -0.05) is 24.3 Å². The van der Waals surface area contributed by atoms with Crippen LogP contribution in [-0.4, -0.2) is 68.1 Å². The molecular formula is C26H30N6O3. The van der Waals surface area contributed by atoms with Gasteiger partial charge in [0.2, 0.25) is 0 Å². The maximum atomic E-state index is 12.7. The number of amides is 2. The van der Waals surface area contributed by atoms with Crippen molar-refractivity contribution in [2.75, 3.05) is 19.6 Å². The zero-order valence-electron chi connectivity index (χ0n) is 19.6. The highest BCUT2D eigenvalue weighted by molar-refractivity contribution is 5.94. The normalized spacial score (nSPS) is 18.3. The lowest BCUT2D eigenvalue weighted by Gasteiger charge is -2.30. The predicted octanol–water partition coefficient (Wildman–Crippen LogP) is 1.17. The fourth-order valence-electron chi connectivity index (χ4n) is 4.82. The number of aliphatic hydroxyl groups is 1. The highest BCUT2D eigenvalue weighted by Gasteiger charge is 2.24. The van der Waals surface area contributed by atoms with E-state index in [0.29, 0.717) is 30.8 Å². The van der Waals surface area contributed by atoms with Gasteiger partial charge in [-0.2, -0.15) is 0 Å². The van der Waals surface area contributed by atoms with E-state index < -0.39 is 6.10 Å². The highest BCUT2D eigenvalue weighted by Crippen LogP contribution is 2.19. The van der Waals surface area contributed by atoms with E-state index in [1.807, 2.05) is 10.6 Å². The van der Waals surface area contributed by atoms with Gasteiger partial charge < -0.3 is 20.3 Å². The molecule has 35 heavy (non-hydrogen) atoms. The van der Waals surface area contributed by atoms with Gasteiger partial charge in [0.15, 0.2) is 0 Å². The van der Waals surface area contributed by atoms with Gasteiger partial charge in [0, 0.05) is 69.3 Å². The van der Waals surface area contributed by atoms with E-state index in [-0.39, 0.29) is 24.4 Å². The molecule has 2 aliphatic heterocycles. The number of carbonyl (C=O) groups is 2. The van der Waals surface area contributed by atoms with Crippen molar-refractivity contribution in [3.8, 4) is 0 Å². The minimum Gasteiger partial charge on any atom is -0.390 e. The number of aliphatic hydroxyl groups excluding tert-OH is 1. The number of carbonyl (C=O) groups excluding carboxylic acids is 2. The number of β-amino-alcohol motifs (C(OH)–C–C–N with tert-alkyl or cyclic N) is 1. The number of hydrogen-bond donors (Lipinski definition) is 3. The van der Waals surface area contributed by atoms with Gasteiger partial charge >= 0.3 is 0 Å². The van der Waals surface area contributed by atoms with E-state index in [0.717, 1.165) is 31.8 Å². The van der Waals surface area contributed by atoms with Crippen LogP contribution < -0.4 is 10.6 Å². The molecule has 0 saturated heterocycles. The van der Waals surface area contributed by atoms with Crippen LogP contribution in [0.3, 0.4) is 0 Å². The molecule has 2 atom stereocenters. The van der Waals surface area contributed by atoms with Crippen LogP contribution in [0, 0.1) is 0 Å². The summed E-state index contributed by atoms with van der Waals surface area (Å²) >= 11 is 0. The van der Waals surface area contributed by atoms with Crippen molar-refractivity contribution in [3.05, 3.63) is 83.2 Å². The summed E-state index contributed by atoms with van der Waals surface area (Å²) in [4.78, 5) is 35.8. The second-order valence-electron chi connectivity index (χ2n) is 9.26. The minimum atomic E-state index is -0.658. The molecule has 2 aliphatic rings. The maximum absolute atomic E-state index is 12.7. The number of aromatic nitrogens is 3. The average molecular weight is 475 g/mol. The molecule has 0 fully saturated rings. The first-order valence-corrected chi connectivity index (χ1v) is 12.1. The van der Waals surface area contributed by atoms with Crippen LogP contribution in [0.2, 0.25) is 0 Å². The number of nitrogens with one attached hydrogen (secondary N) is 2. The van der Waals surface area contributed by atoms with Gasteiger partial charge in [-0.15, -0.1) is 0 Å². The molecular weight excluding hydrogens is 444 g/mol. The smallest absolute Gasteiger partial charge is 0.271 e. The molecule has 0 bridgehead atoms. The Morgan fingerprint density at radius 1 is 1.09 bits per heavy atom. The number of fused-ring (bicyclic) bond motifs is 2. The Hall–Kier alpha value is -3.56. The number of rotatable bonds is 7. The van der Waals surface area contributed by atoms with Crippen LogP contribution in [0.1, 0.15) is 44.2 Å². The van der Waals surface area contributed by atoms with Crippen molar-refractivity contribution < 1.29 is 14.7 Å². The maximum Gasteiger partial charge on any atom is 0.271 e. The van der Waals surface area contributed by atoms with E-state index in [4.69, 9.17) is 0 Å². The van der Waals surface area contributed by atoms with Gasteiger partial charge in [-0.25, -0.2) is 4.98 Å². The minimum absolute atomic E-state index is 0.0372. The van der Waals surface area contributed by atoms with Crippen molar-refractivity contribution >= 4 is 11.8 Å². The molecule has 0 saturated carbocycles. The highest BCUT2D eigenvalue weighted by atomic mass is 16.3. The molecule has 9 nitrogen and oxygen atoms in total. The van der Waals surface area contributed by atoms with Crippen LogP contribution in [0.4, 0.5) is 0 Å². The largest absolute Gasteiger partial charge is 0.390 e.